The lowest BCUT2D eigenvalue weighted by molar-refractivity contribution is -0.376. The van der Waals surface area contributed by atoms with Crippen molar-refractivity contribution in [3.63, 3.8) is 0 Å². The number of aliphatic hydroxyl groups excluding tert-OH is 8. The third kappa shape index (κ3) is 41.0. The Labute approximate surface area is 555 Å². The van der Waals surface area contributed by atoms with Crippen LogP contribution in [-0.2, 0) is 33.3 Å². The van der Waals surface area contributed by atoms with Crippen LogP contribution in [0.3, 0.4) is 0 Å². The van der Waals surface area contributed by atoms with Gasteiger partial charge in [0.15, 0.2) is 12.6 Å². The fraction of sp³-hybridized carbons (Fsp3) is 0.921. The molecule has 0 aromatic rings. The topological polar surface area (TPSA) is 242 Å². The summed E-state index contributed by atoms with van der Waals surface area (Å²) in [6.07, 6.45) is 43.9. The van der Waals surface area contributed by atoms with Crippen LogP contribution in [0.4, 0.5) is 0 Å². The maximum atomic E-state index is 13.9. The Balaban J connectivity index is 2.05. The molecule has 0 saturated carbocycles. The zero-order valence-corrected chi connectivity index (χ0v) is 58.6. The normalized spacial score (nSPS) is 23.5. The summed E-state index contributed by atoms with van der Waals surface area (Å²) in [5, 5.41) is 89.7. The number of aliphatic hydroxyl groups is 8. The molecule has 0 aromatic carbocycles. The SMILES string of the molecule is CCCCCC/C=C/CCCCCCCC(O)C(CCCCCCCCCCCCCC)C(=O)OC[C@@H]1O[C@@H](O[C@H]2O[C@H](COC(=O)C(CCCCCCCCCCCCCC)C(O)CCCCCCC/C=C/CCCCCC)[C@@H](O)[C@H](O)[C@H]2O)[C@@H](O)[C@H](O)[C@H]1O. The quantitative estimate of drug-likeness (QED) is 0.0160. The molecule has 0 aromatic heterocycles. The molecule has 2 rings (SSSR count). The number of carbonyl (C=O) groups is 2. The second kappa shape index (κ2) is 58.2. The lowest BCUT2D eigenvalue weighted by Crippen LogP contribution is -2.64. The number of hydrogen-bond acceptors (Lipinski definition) is 15. The van der Waals surface area contributed by atoms with Gasteiger partial charge in [0.2, 0.25) is 0 Å². The Bertz CT molecular complexity index is 1600. The predicted molar refractivity (Wildman–Crippen MR) is 367 cm³/mol. The zero-order chi connectivity index (χ0) is 66.4. The fourth-order valence-electron chi connectivity index (χ4n) is 12.9. The molecule has 0 bridgehead atoms. The number of allylic oxidation sites excluding steroid dienone is 4. The summed E-state index contributed by atoms with van der Waals surface area (Å²) < 4.78 is 29.2. The van der Waals surface area contributed by atoms with Gasteiger partial charge in [-0.15, -0.1) is 0 Å². The number of ether oxygens (including phenoxy) is 5. The molecule has 15 heteroatoms. The zero-order valence-electron chi connectivity index (χ0n) is 58.6. The van der Waals surface area contributed by atoms with E-state index < -0.39 is 111 Å². The van der Waals surface area contributed by atoms with Crippen molar-refractivity contribution in [3.05, 3.63) is 24.3 Å². The van der Waals surface area contributed by atoms with Crippen LogP contribution in [0.25, 0.3) is 0 Å². The van der Waals surface area contributed by atoms with Gasteiger partial charge in [-0.3, -0.25) is 9.59 Å². The summed E-state index contributed by atoms with van der Waals surface area (Å²) in [4.78, 5) is 27.9. The molecule has 0 aliphatic carbocycles. The van der Waals surface area contributed by atoms with Gasteiger partial charge in [-0.2, -0.15) is 0 Å². The molecule has 14 atom stereocenters. The molecule has 2 aliphatic rings. The van der Waals surface area contributed by atoms with Crippen molar-refractivity contribution in [2.24, 2.45) is 11.8 Å². The first-order chi connectivity index (χ1) is 44.3. The van der Waals surface area contributed by atoms with Gasteiger partial charge in [-0.05, 0) is 77.0 Å². The van der Waals surface area contributed by atoms with Crippen molar-refractivity contribution in [2.75, 3.05) is 13.2 Å². The first-order valence-corrected chi connectivity index (χ1v) is 38.4. The van der Waals surface area contributed by atoms with Crippen molar-refractivity contribution in [1.82, 2.24) is 0 Å². The number of carbonyl (C=O) groups excluding carboxylic acids is 2. The summed E-state index contributed by atoms with van der Waals surface area (Å²) in [5.41, 5.74) is 0. The molecule has 2 aliphatic heterocycles. The Hall–Kier alpha value is -2.02. The highest BCUT2D eigenvalue weighted by atomic mass is 16.8. The smallest absolute Gasteiger partial charge is 0.311 e. The summed E-state index contributed by atoms with van der Waals surface area (Å²) in [5.74, 6) is -2.97. The van der Waals surface area contributed by atoms with Crippen LogP contribution in [-0.4, -0.2) is 140 Å². The molecule has 0 spiro atoms. The van der Waals surface area contributed by atoms with E-state index in [0.29, 0.717) is 25.7 Å². The van der Waals surface area contributed by atoms with Crippen molar-refractivity contribution in [2.45, 2.75) is 422 Å². The molecule has 2 saturated heterocycles. The molecule has 15 nitrogen and oxygen atoms in total. The maximum absolute atomic E-state index is 13.9. The molecular formula is C76H142O15. The van der Waals surface area contributed by atoms with Crippen molar-refractivity contribution < 1.29 is 74.1 Å². The van der Waals surface area contributed by atoms with Gasteiger partial charge >= 0.3 is 11.9 Å². The van der Waals surface area contributed by atoms with E-state index in [4.69, 9.17) is 23.7 Å². The third-order valence-corrected chi connectivity index (χ3v) is 19.2. The van der Waals surface area contributed by atoms with Crippen LogP contribution in [0.2, 0.25) is 0 Å². The maximum Gasteiger partial charge on any atom is 0.311 e. The second-order valence-electron chi connectivity index (χ2n) is 27.5. The summed E-state index contributed by atoms with van der Waals surface area (Å²) in [6, 6.07) is 0. The minimum atomic E-state index is -1.90. The van der Waals surface area contributed by atoms with Crippen molar-refractivity contribution in [1.29, 1.82) is 0 Å². The molecular weight excluding hydrogens is 1150 g/mol. The van der Waals surface area contributed by atoms with Gasteiger partial charge in [0.25, 0.3) is 0 Å². The molecule has 536 valence electrons. The van der Waals surface area contributed by atoms with Gasteiger partial charge in [-0.25, -0.2) is 0 Å². The standard InChI is InChI=1S/C76H142O15/c1-5-9-13-17-21-25-29-33-37-41-45-49-53-57-63(77)61(55-51-47-43-39-35-31-27-23-19-15-11-7-3)73(85)87-59-65-67(79)69(81)71(83)75(89-65)91-76-72(84)70(82)68(80)66(90-76)60-88-74(86)62(56-52-48-44-40-36-32-28-24-20-16-12-8-4)64(78)58-54-50-46-42-38-34-30-26-22-18-14-10-6-2/h25-26,29-30,61-72,75-84H,5-24,27-28,31-60H2,1-4H3/b29-25+,30-26+/t61?,62?,63?,64?,65-,66+,67-,68+,69+,70-,71-,72+,75-,76+. The Morgan fingerprint density at radius 1 is 0.319 bits per heavy atom. The third-order valence-electron chi connectivity index (χ3n) is 19.2. The summed E-state index contributed by atoms with van der Waals surface area (Å²) in [7, 11) is 0. The van der Waals surface area contributed by atoms with Gasteiger partial charge < -0.3 is 64.5 Å². The Morgan fingerprint density at radius 2 is 0.549 bits per heavy atom. The molecule has 8 N–H and O–H groups in total. The monoisotopic (exact) mass is 1300 g/mol. The second-order valence-corrected chi connectivity index (χ2v) is 27.5. The minimum absolute atomic E-state index is 0.420. The van der Waals surface area contributed by atoms with Crippen LogP contribution in [0, 0.1) is 11.8 Å². The molecule has 2 heterocycles. The summed E-state index contributed by atoms with van der Waals surface area (Å²) in [6.45, 7) is 7.80. The summed E-state index contributed by atoms with van der Waals surface area (Å²) >= 11 is 0. The van der Waals surface area contributed by atoms with Gasteiger partial charge in [-0.1, -0.05) is 296 Å². The average molecular weight is 1300 g/mol. The number of rotatable bonds is 62. The van der Waals surface area contributed by atoms with Gasteiger partial charge in [0.1, 0.15) is 62.0 Å². The highest BCUT2D eigenvalue weighted by Crippen LogP contribution is 2.31. The predicted octanol–water partition coefficient (Wildman–Crippen LogP) is 16.4. The molecule has 4 unspecified atom stereocenters. The molecule has 91 heavy (non-hydrogen) atoms. The average Bonchev–Trinajstić information content (AvgIpc) is 1.06. The van der Waals surface area contributed by atoms with Crippen LogP contribution in [0.5, 0.6) is 0 Å². The number of hydrogen-bond donors (Lipinski definition) is 8. The van der Waals surface area contributed by atoms with E-state index in [-0.39, 0.29) is 0 Å². The number of esters is 2. The minimum Gasteiger partial charge on any atom is -0.463 e. The lowest BCUT2D eigenvalue weighted by Gasteiger charge is -2.44. The first kappa shape index (κ1) is 85.1. The largest absolute Gasteiger partial charge is 0.463 e. The van der Waals surface area contributed by atoms with Crippen LogP contribution in [0.15, 0.2) is 24.3 Å². The van der Waals surface area contributed by atoms with E-state index in [1.54, 1.807) is 0 Å². The van der Waals surface area contributed by atoms with E-state index in [9.17, 15) is 50.4 Å². The first-order valence-electron chi connectivity index (χ1n) is 38.4. The number of unbranched alkanes of at least 4 members (excludes halogenated alkanes) is 40. The van der Waals surface area contributed by atoms with E-state index in [1.165, 1.54) is 154 Å². The van der Waals surface area contributed by atoms with Crippen LogP contribution < -0.4 is 0 Å². The van der Waals surface area contributed by atoms with E-state index in [2.05, 4.69) is 52.0 Å². The highest BCUT2D eigenvalue weighted by molar-refractivity contribution is 5.73. The lowest BCUT2D eigenvalue weighted by atomic mass is 9.91. The van der Waals surface area contributed by atoms with Crippen molar-refractivity contribution in [3.8, 4) is 0 Å². The van der Waals surface area contributed by atoms with Crippen LogP contribution >= 0.6 is 0 Å². The van der Waals surface area contributed by atoms with E-state index >= 15 is 0 Å². The van der Waals surface area contributed by atoms with E-state index in [1.807, 2.05) is 0 Å². The molecule has 0 amide bonds. The molecule has 0 radical (unpaired) electrons. The fourth-order valence-corrected chi connectivity index (χ4v) is 12.9. The van der Waals surface area contributed by atoms with E-state index in [0.717, 1.165) is 141 Å². The van der Waals surface area contributed by atoms with Gasteiger partial charge in [0.05, 0.1) is 24.0 Å². The van der Waals surface area contributed by atoms with Crippen molar-refractivity contribution >= 4 is 11.9 Å². The van der Waals surface area contributed by atoms with Gasteiger partial charge in [0, 0.05) is 0 Å². The molecule has 2 fully saturated rings. The Morgan fingerprint density at radius 3 is 0.824 bits per heavy atom. The Kier molecular flexibility index (Phi) is 54.4. The highest BCUT2D eigenvalue weighted by Gasteiger charge is 2.50. The van der Waals surface area contributed by atoms with Crippen LogP contribution in [0.1, 0.15) is 349 Å².